The SMILES string of the molecule is COc1ccc(/C([O-])=C2\C(=O)C(=O)N(Cc3ccc[nH+]c3)C2c2ccc(OC)cc2OC)c(C)c1. The number of Topliss-reactive ketones (excluding diaryl/α,β-unsaturated/α-hetero) is 1. The summed E-state index contributed by atoms with van der Waals surface area (Å²) in [5, 5.41) is 13.8. The number of rotatable bonds is 7. The highest BCUT2D eigenvalue weighted by Crippen LogP contribution is 2.44. The topological polar surface area (TPSA) is 102 Å². The Kier molecular flexibility index (Phi) is 6.73. The Morgan fingerprint density at radius 2 is 1.71 bits per heavy atom. The first-order valence-corrected chi connectivity index (χ1v) is 11.0. The van der Waals surface area contributed by atoms with Crippen LogP contribution >= 0.6 is 0 Å². The van der Waals surface area contributed by atoms with Crippen molar-refractivity contribution in [2.45, 2.75) is 19.5 Å². The molecule has 3 aromatic rings. The molecule has 1 atom stereocenters. The molecule has 1 amide bonds. The van der Waals surface area contributed by atoms with Gasteiger partial charge >= 0.3 is 0 Å². The predicted molar refractivity (Wildman–Crippen MR) is 125 cm³/mol. The van der Waals surface area contributed by atoms with Crippen molar-refractivity contribution in [2.75, 3.05) is 21.3 Å². The lowest BCUT2D eigenvalue weighted by atomic mass is 9.93. The first kappa shape index (κ1) is 23.8. The maximum absolute atomic E-state index is 13.8. The number of pyridine rings is 1. The number of H-pyrrole nitrogens is 1. The van der Waals surface area contributed by atoms with Crippen molar-refractivity contribution in [2.24, 2.45) is 0 Å². The molecule has 1 N–H and O–H groups in total. The molecular weight excluding hydrogens is 448 g/mol. The first-order valence-electron chi connectivity index (χ1n) is 11.0. The molecule has 35 heavy (non-hydrogen) atoms. The number of aryl methyl sites for hydroxylation is 1. The van der Waals surface area contributed by atoms with Gasteiger partial charge in [-0.1, -0.05) is 11.8 Å². The number of carbonyl (C=O) groups is 2. The fraction of sp³-hybridized carbons (Fsp3) is 0.222. The number of hydrogen-bond donors (Lipinski definition) is 0. The molecule has 2 heterocycles. The van der Waals surface area contributed by atoms with Gasteiger partial charge in [-0.15, -0.1) is 0 Å². The van der Waals surface area contributed by atoms with Crippen molar-refractivity contribution in [3.8, 4) is 17.2 Å². The maximum atomic E-state index is 13.8. The quantitative estimate of drug-likeness (QED) is 0.296. The summed E-state index contributed by atoms with van der Waals surface area (Å²) in [6.45, 7) is 1.89. The summed E-state index contributed by atoms with van der Waals surface area (Å²) >= 11 is 0. The number of nitrogens with zero attached hydrogens (tertiary/aromatic N) is 1. The number of ketones is 1. The average molecular weight is 475 g/mol. The zero-order chi connectivity index (χ0) is 25.1. The minimum absolute atomic E-state index is 0.119. The highest BCUT2D eigenvalue weighted by molar-refractivity contribution is 6.46. The lowest BCUT2D eigenvalue weighted by Crippen LogP contribution is -2.30. The van der Waals surface area contributed by atoms with Crippen LogP contribution in [0.2, 0.25) is 0 Å². The molecule has 0 radical (unpaired) electrons. The monoisotopic (exact) mass is 474 g/mol. The molecule has 1 aliphatic rings. The van der Waals surface area contributed by atoms with Crippen LogP contribution in [-0.2, 0) is 16.1 Å². The normalized spacial score (nSPS) is 16.9. The molecule has 8 heteroatoms. The summed E-state index contributed by atoms with van der Waals surface area (Å²) in [6.07, 6.45) is 3.49. The van der Waals surface area contributed by atoms with E-state index in [1.165, 1.54) is 26.2 Å². The first-order chi connectivity index (χ1) is 16.9. The minimum atomic E-state index is -0.940. The Morgan fingerprint density at radius 3 is 2.34 bits per heavy atom. The van der Waals surface area contributed by atoms with Gasteiger partial charge in [0.25, 0.3) is 5.91 Å². The van der Waals surface area contributed by atoms with Crippen molar-refractivity contribution in [1.82, 2.24) is 4.90 Å². The fourth-order valence-electron chi connectivity index (χ4n) is 4.29. The summed E-state index contributed by atoms with van der Waals surface area (Å²) in [7, 11) is 4.56. The van der Waals surface area contributed by atoms with E-state index in [-0.39, 0.29) is 12.1 Å². The predicted octanol–water partition coefficient (Wildman–Crippen LogP) is 2.26. The third-order valence-corrected chi connectivity index (χ3v) is 6.07. The molecule has 1 unspecified atom stereocenters. The van der Waals surface area contributed by atoms with Gasteiger partial charge in [0, 0.05) is 28.8 Å². The number of aromatic amines is 1. The Morgan fingerprint density at radius 1 is 1.00 bits per heavy atom. The molecule has 8 nitrogen and oxygen atoms in total. The number of ether oxygens (including phenoxy) is 3. The van der Waals surface area contributed by atoms with E-state index in [9.17, 15) is 14.7 Å². The molecule has 2 aromatic carbocycles. The Balaban J connectivity index is 1.93. The van der Waals surface area contributed by atoms with Crippen LogP contribution in [0, 0.1) is 6.92 Å². The molecule has 0 bridgehead atoms. The number of likely N-dealkylation sites (tertiary alicyclic amines) is 1. The van der Waals surface area contributed by atoms with Crippen LogP contribution in [0.1, 0.15) is 28.3 Å². The third-order valence-electron chi connectivity index (χ3n) is 6.07. The second-order valence-electron chi connectivity index (χ2n) is 8.11. The molecule has 180 valence electrons. The van der Waals surface area contributed by atoms with Crippen LogP contribution in [0.25, 0.3) is 5.76 Å². The number of hydrogen-bond acceptors (Lipinski definition) is 6. The van der Waals surface area contributed by atoms with Crippen LogP contribution < -0.4 is 24.3 Å². The minimum Gasteiger partial charge on any atom is -0.872 e. The van der Waals surface area contributed by atoms with Crippen molar-refractivity contribution >= 4 is 17.4 Å². The van der Waals surface area contributed by atoms with Gasteiger partial charge in [0.2, 0.25) is 5.78 Å². The smallest absolute Gasteiger partial charge is 0.295 e. The van der Waals surface area contributed by atoms with E-state index in [1.807, 2.05) is 6.07 Å². The highest BCUT2D eigenvalue weighted by Gasteiger charge is 2.45. The summed E-state index contributed by atoms with van der Waals surface area (Å²) in [5.41, 5.74) is 2.14. The van der Waals surface area contributed by atoms with E-state index < -0.39 is 23.5 Å². The number of methoxy groups -OCH3 is 3. The number of aromatic nitrogens is 1. The largest absolute Gasteiger partial charge is 0.872 e. The van der Waals surface area contributed by atoms with Crippen LogP contribution in [0.5, 0.6) is 17.2 Å². The molecule has 0 aliphatic carbocycles. The number of carbonyl (C=O) groups excluding carboxylic acids is 2. The van der Waals surface area contributed by atoms with Crippen molar-refractivity contribution in [1.29, 1.82) is 0 Å². The summed E-state index contributed by atoms with van der Waals surface area (Å²) in [4.78, 5) is 31.0. The van der Waals surface area contributed by atoms with E-state index in [4.69, 9.17) is 14.2 Å². The number of nitrogens with one attached hydrogen (secondary N) is 1. The standard InChI is InChI=1S/C27H26N2O6/c1-16-12-18(33-2)7-9-20(16)25(30)23-24(21-10-8-19(34-3)13-22(21)35-4)29(27(32)26(23)31)15-17-6-5-11-28-14-17/h5-14,24,30H,15H2,1-4H3/b25-23+. The summed E-state index contributed by atoms with van der Waals surface area (Å²) < 4.78 is 16.1. The van der Waals surface area contributed by atoms with Gasteiger partial charge in [0.05, 0.1) is 33.9 Å². The van der Waals surface area contributed by atoms with Crippen molar-refractivity contribution in [3.05, 3.63) is 88.8 Å². The van der Waals surface area contributed by atoms with Crippen LogP contribution in [0.15, 0.2) is 66.5 Å². The fourth-order valence-corrected chi connectivity index (χ4v) is 4.29. The zero-order valence-corrected chi connectivity index (χ0v) is 20.0. The molecule has 0 saturated carbocycles. The van der Waals surface area contributed by atoms with Gasteiger partial charge in [-0.3, -0.25) is 9.59 Å². The molecule has 1 saturated heterocycles. The second kappa shape index (κ2) is 9.89. The van der Waals surface area contributed by atoms with E-state index in [0.29, 0.717) is 33.9 Å². The number of benzene rings is 2. The lowest BCUT2D eigenvalue weighted by molar-refractivity contribution is -0.378. The van der Waals surface area contributed by atoms with Gasteiger partial charge in [-0.2, -0.15) is 0 Å². The Labute approximate surface area is 203 Å². The van der Waals surface area contributed by atoms with Crippen molar-refractivity contribution < 1.29 is 33.9 Å². The highest BCUT2D eigenvalue weighted by atomic mass is 16.5. The molecule has 1 fully saturated rings. The van der Waals surface area contributed by atoms with Gasteiger partial charge in [-0.25, -0.2) is 4.98 Å². The van der Waals surface area contributed by atoms with Gasteiger partial charge in [0.15, 0.2) is 12.4 Å². The molecule has 0 spiro atoms. The van der Waals surface area contributed by atoms with Gasteiger partial charge in [0.1, 0.15) is 17.2 Å². The molecule has 1 aliphatic heterocycles. The van der Waals surface area contributed by atoms with E-state index >= 15 is 0 Å². The van der Waals surface area contributed by atoms with Crippen LogP contribution in [-0.4, -0.2) is 37.9 Å². The van der Waals surface area contributed by atoms with E-state index in [0.717, 1.165) is 5.56 Å². The van der Waals surface area contributed by atoms with Crippen molar-refractivity contribution in [3.63, 3.8) is 0 Å². The summed E-state index contributed by atoms with van der Waals surface area (Å²) in [6, 6.07) is 12.8. The lowest BCUT2D eigenvalue weighted by Gasteiger charge is -2.29. The molecule has 4 rings (SSSR count). The molecule has 1 aromatic heterocycles. The van der Waals surface area contributed by atoms with Gasteiger partial charge < -0.3 is 24.2 Å². The molecular formula is C27H26N2O6. The van der Waals surface area contributed by atoms with Crippen LogP contribution in [0.3, 0.4) is 0 Å². The zero-order valence-electron chi connectivity index (χ0n) is 20.0. The third kappa shape index (κ3) is 4.42. The second-order valence-corrected chi connectivity index (χ2v) is 8.11. The Bertz CT molecular complexity index is 1300. The maximum Gasteiger partial charge on any atom is 0.295 e. The number of amides is 1. The van der Waals surface area contributed by atoms with Crippen LogP contribution in [0.4, 0.5) is 0 Å². The summed E-state index contributed by atoms with van der Waals surface area (Å²) in [5.74, 6) is -0.538. The Hall–Kier alpha value is -4.33. The van der Waals surface area contributed by atoms with E-state index in [2.05, 4.69) is 4.98 Å². The average Bonchev–Trinajstić information content (AvgIpc) is 3.13. The van der Waals surface area contributed by atoms with Gasteiger partial charge in [-0.05, 0) is 48.4 Å². The van der Waals surface area contributed by atoms with E-state index in [1.54, 1.807) is 61.8 Å².